The van der Waals surface area contributed by atoms with Crippen molar-refractivity contribution in [2.45, 2.75) is 11.8 Å². The molecule has 0 spiro atoms. The fourth-order valence-electron chi connectivity index (χ4n) is 1.53. The summed E-state index contributed by atoms with van der Waals surface area (Å²) in [6, 6.07) is 3.76. The number of sulfonamides is 1. The van der Waals surface area contributed by atoms with Crippen molar-refractivity contribution in [3.05, 3.63) is 40.9 Å². The van der Waals surface area contributed by atoms with Gasteiger partial charge in [0.15, 0.2) is 0 Å². The molecule has 0 atom stereocenters. The van der Waals surface area contributed by atoms with Crippen LogP contribution in [0.1, 0.15) is 17.3 Å². The van der Waals surface area contributed by atoms with Gasteiger partial charge in [-0.05, 0) is 25.1 Å². The first-order chi connectivity index (χ1) is 8.62. The highest BCUT2D eigenvalue weighted by Gasteiger charge is 2.17. The molecule has 0 unspecified atom stereocenters. The van der Waals surface area contributed by atoms with Crippen LogP contribution in [0.15, 0.2) is 35.2 Å². The minimum atomic E-state index is -3.83. The summed E-state index contributed by atoms with van der Waals surface area (Å²) >= 11 is 5.92. The Kier molecular flexibility index (Phi) is 4.73. The number of halogens is 1. The third-order valence-corrected chi connectivity index (χ3v) is 3.58. The highest BCUT2D eigenvalue weighted by Crippen LogP contribution is 2.21. The minimum absolute atomic E-state index is 0.0464. The molecule has 19 heavy (non-hydrogen) atoms. The first kappa shape index (κ1) is 15.7. The van der Waals surface area contributed by atoms with E-state index in [0.717, 1.165) is 5.57 Å². The van der Waals surface area contributed by atoms with Gasteiger partial charge in [0.1, 0.15) is 0 Å². The monoisotopic (exact) mass is 302 g/mol. The highest BCUT2D eigenvalue weighted by molar-refractivity contribution is 7.89. The van der Waals surface area contributed by atoms with Crippen molar-refractivity contribution in [1.82, 2.24) is 4.90 Å². The fraction of sp³-hybridized carbons (Fsp3) is 0.250. The van der Waals surface area contributed by atoms with Crippen molar-refractivity contribution in [1.29, 1.82) is 0 Å². The molecule has 0 aromatic heterocycles. The number of nitrogens with zero attached hydrogens (tertiary/aromatic N) is 1. The molecule has 0 saturated carbocycles. The molecule has 2 N–H and O–H groups in total. The van der Waals surface area contributed by atoms with Gasteiger partial charge < -0.3 is 4.90 Å². The summed E-state index contributed by atoms with van der Waals surface area (Å²) in [6.07, 6.45) is 0. The van der Waals surface area contributed by atoms with Crippen LogP contribution in [-0.2, 0) is 10.0 Å². The molecule has 104 valence electrons. The standard InChI is InChI=1S/C12H15ClN2O3S/c1-8(2)7-15(3)12(16)10-5-4-9(6-11(10)13)19(14,17)18/h4-6H,1,7H2,2-3H3,(H2,14,17,18). The normalized spacial score (nSPS) is 11.2. The maximum atomic E-state index is 12.1. The Labute approximate surface area is 117 Å². The van der Waals surface area contributed by atoms with E-state index >= 15 is 0 Å². The maximum Gasteiger partial charge on any atom is 0.255 e. The number of rotatable bonds is 4. The predicted octanol–water partition coefficient (Wildman–Crippen LogP) is 1.64. The van der Waals surface area contributed by atoms with Gasteiger partial charge in [0.25, 0.3) is 5.91 Å². The van der Waals surface area contributed by atoms with Gasteiger partial charge in [0.05, 0.1) is 15.5 Å². The second-order valence-electron chi connectivity index (χ2n) is 4.30. The number of benzene rings is 1. The number of primary sulfonamides is 1. The van der Waals surface area contributed by atoms with Crippen molar-refractivity contribution < 1.29 is 13.2 Å². The summed E-state index contributed by atoms with van der Waals surface area (Å²) in [5.74, 6) is -0.311. The van der Waals surface area contributed by atoms with Crippen LogP contribution in [0, 0.1) is 0 Å². The van der Waals surface area contributed by atoms with Crippen LogP contribution in [0.4, 0.5) is 0 Å². The molecule has 1 rings (SSSR count). The summed E-state index contributed by atoms with van der Waals surface area (Å²) in [7, 11) is -2.22. The van der Waals surface area contributed by atoms with E-state index in [1.54, 1.807) is 14.0 Å². The first-order valence-electron chi connectivity index (χ1n) is 5.35. The van der Waals surface area contributed by atoms with E-state index in [1.807, 2.05) is 0 Å². The van der Waals surface area contributed by atoms with E-state index in [9.17, 15) is 13.2 Å². The molecule has 0 aliphatic carbocycles. The lowest BCUT2D eigenvalue weighted by molar-refractivity contribution is 0.0807. The van der Waals surface area contributed by atoms with Crippen LogP contribution in [0.5, 0.6) is 0 Å². The molecule has 0 aliphatic heterocycles. The van der Waals surface area contributed by atoms with Gasteiger partial charge in [0.2, 0.25) is 10.0 Å². The maximum absolute atomic E-state index is 12.1. The lowest BCUT2D eigenvalue weighted by atomic mass is 10.2. The van der Waals surface area contributed by atoms with Gasteiger partial charge in [0, 0.05) is 13.6 Å². The smallest absolute Gasteiger partial charge is 0.255 e. The molecule has 0 bridgehead atoms. The van der Waals surface area contributed by atoms with Gasteiger partial charge in [-0.25, -0.2) is 13.6 Å². The van der Waals surface area contributed by atoms with Crippen molar-refractivity contribution >= 4 is 27.5 Å². The van der Waals surface area contributed by atoms with Crippen molar-refractivity contribution in [2.75, 3.05) is 13.6 Å². The zero-order valence-electron chi connectivity index (χ0n) is 10.7. The molecule has 5 nitrogen and oxygen atoms in total. The number of likely N-dealkylation sites (N-methyl/N-ethyl adjacent to an activating group) is 1. The molecule has 0 heterocycles. The molecule has 0 fully saturated rings. The van der Waals surface area contributed by atoms with Gasteiger partial charge in [-0.15, -0.1) is 0 Å². The second-order valence-corrected chi connectivity index (χ2v) is 6.27. The summed E-state index contributed by atoms with van der Waals surface area (Å²) in [4.78, 5) is 13.4. The molecular formula is C12H15ClN2O3S. The number of hydrogen-bond donors (Lipinski definition) is 1. The molecule has 1 amide bonds. The van der Waals surface area contributed by atoms with Crippen molar-refractivity contribution in [2.24, 2.45) is 5.14 Å². The molecular weight excluding hydrogens is 288 g/mol. The zero-order valence-corrected chi connectivity index (χ0v) is 12.3. The average Bonchev–Trinajstić information content (AvgIpc) is 2.25. The van der Waals surface area contributed by atoms with Crippen LogP contribution in [0.2, 0.25) is 5.02 Å². The van der Waals surface area contributed by atoms with Gasteiger partial charge >= 0.3 is 0 Å². The molecule has 0 saturated heterocycles. The fourth-order valence-corrected chi connectivity index (χ4v) is 2.39. The number of nitrogens with two attached hydrogens (primary N) is 1. The largest absolute Gasteiger partial charge is 0.338 e. The molecule has 7 heteroatoms. The lowest BCUT2D eigenvalue weighted by Crippen LogP contribution is -2.28. The molecule has 1 aromatic carbocycles. The van der Waals surface area contributed by atoms with Crippen LogP contribution in [-0.4, -0.2) is 32.8 Å². The van der Waals surface area contributed by atoms with Crippen LogP contribution >= 0.6 is 11.6 Å². The van der Waals surface area contributed by atoms with E-state index < -0.39 is 10.0 Å². The van der Waals surface area contributed by atoms with Crippen LogP contribution in [0.3, 0.4) is 0 Å². The topological polar surface area (TPSA) is 80.5 Å². The Bertz CT molecular complexity index is 626. The van der Waals surface area contributed by atoms with Crippen LogP contribution < -0.4 is 5.14 Å². The molecule has 0 radical (unpaired) electrons. The van der Waals surface area contributed by atoms with E-state index in [1.165, 1.54) is 23.1 Å². The Morgan fingerprint density at radius 1 is 1.47 bits per heavy atom. The van der Waals surface area contributed by atoms with Crippen molar-refractivity contribution in [3.63, 3.8) is 0 Å². The number of amides is 1. The van der Waals surface area contributed by atoms with Gasteiger partial charge in [-0.1, -0.05) is 23.8 Å². The quantitative estimate of drug-likeness (QED) is 0.858. The predicted molar refractivity (Wildman–Crippen MR) is 74.6 cm³/mol. The van der Waals surface area contributed by atoms with E-state index in [0.29, 0.717) is 6.54 Å². The number of hydrogen-bond acceptors (Lipinski definition) is 3. The SMILES string of the molecule is C=C(C)CN(C)C(=O)c1ccc(S(N)(=O)=O)cc1Cl. The Balaban J connectivity index is 3.10. The van der Waals surface area contributed by atoms with E-state index in [-0.39, 0.29) is 21.4 Å². The average molecular weight is 303 g/mol. The summed E-state index contributed by atoms with van der Waals surface area (Å²) < 4.78 is 22.3. The zero-order chi connectivity index (χ0) is 14.8. The lowest BCUT2D eigenvalue weighted by Gasteiger charge is -2.18. The third-order valence-electron chi connectivity index (χ3n) is 2.35. The van der Waals surface area contributed by atoms with Crippen molar-refractivity contribution in [3.8, 4) is 0 Å². The number of carbonyl (C=O) groups excluding carboxylic acids is 1. The van der Waals surface area contributed by atoms with Gasteiger partial charge in [-0.2, -0.15) is 0 Å². The van der Waals surface area contributed by atoms with E-state index in [2.05, 4.69) is 6.58 Å². The van der Waals surface area contributed by atoms with Crippen LogP contribution in [0.25, 0.3) is 0 Å². The second kappa shape index (κ2) is 5.73. The highest BCUT2D eigenvalue weighted by atomic mass is 35.5. The summed E-state index contributed by atoms with van der Waals surface area (Å²) in [5, 5.41) is 5.03. The Morgan fingerprint density at radius 2 is 2.05 bits per heavy atom. The first-order valence-corrected chi connectivity index (χ1v) is 7.27. The van der Waals surface area contributed by atoms with Gasteiger partial charge in [-0.3, -0.25) is 4.79 Å². The minimum Gasteiger partial charge on any atom is -0.338 e. The summed E-state index contributed by atoms with van der Waals surface area (Å²) in [5.41, 5.74) is 1.05. The Morgan fingerprint density at radius 3 is 2.47 bits per heavy atom. The number of carbonyl (C=O) groups is 1. The summed E-state index contributed by atoms with van der Waals surface area (Å²) in [6.45, 7) is 5.91. The third kappa shape index (κ3) is 4.05. The Hall–Kier alpha value is -1.37. The van der Waals surface area contributed by atoms with E-state index in [4.69, 9.17) is 16.7 Å². The molecule has 1 aromatic rings. The molecule has 0 aliphatic rings.